The average Bonchev–Trinajstić information content (AvgIpc) is 2.48. The van der Waals surface area contributed by atoms with E-state index in [0.29, 0.717) is 6.42 Å². The molecule has 0 aliphatic rings. The fourth-order valence-corrected chi connectivity index (χ4v) is 2.44. The topological polar surface area (TPSA) is 89.6 Å². The van der Waals surface area contributed by atoms with Gasteiger partial charge in [-0.2, -0.15) is 13.2 Å². The number of carbonyl (C=O) groups is 2. The maximum Gasteiger partial charge on any atom is 0.418 e. The van der Waals surface area contributed by atoms with Crippen molar-refractivity contribution in [2.24, 2.45) is 5.92 Å². The van der Waals surface area contributed by atoms with Gasteiger partial charge in [0.1, 0.15) is 0 Å². The maximum atomic E-state index is 13.0. The maximum absolute atomic E-state index is 13.0. The van der Waals surface area contributed by atoms with Gasteiger partial charge in [0.25, 0.3) is 0 Å². The summed E-state index contributed by atoms with van der Waals surface area (Å²) < 4.78 is 44.0. The summed E-state index contributed by atoms with van der Waals surface area (Å²) in [6.45, 7) is 2.01. The van der Waals surface area contributed by atoms with Crippen LogP contribution >= 0.6 is 11.6 Å². The van der Waals surface area contributed by atoms with Gasteiger partial charge in [-0.25, -0.2) is 0 Å². The third-order valence-electron chi connectivity index (χ3n) is 3.47. The number of rotatable bonds is 8. The lowest BCUT2D eigenvalue weighted by molar-refractivity contribution is -0.153. The predicted octanol–water partition coefficient (Wildman–Crippen LogP) is 3.92. The minimum absolute atomic E-state index is 0.0604. The Hall–Kier alpha value is -1.96. The van der Waals surface area contributed by atoms with Gasteiger partial charge in [0.2, 0.25) is 0 Å². The third kappa shape index (κ3) is 6.45. The van der Waals surface area contributed by atoms with Crippen LogP contribution in [-0.2, 0) is 26.9 Å². The Balaban J connectivity index is 3.05. The van der Waals surface area contributed by atoms with Crippen LogP contribution in [0.4, 0.5) is 18.9 Å². The van der Waals surface area contributed by atoms with Crippen molar-refractivity contribution in [1.82, 2.24) is 0 Å². The second-order valence-electron chi connectivity index (χ2n) is 5.56. The van der Waals surface area contributed by atoms with Crippen molar-refractivity contribution >= 4 is 29.2 Å². The van der Waals surface area contributed by atoms with E-state index in [9.17, 15) is 22.8 Å². The summed E-state index contributed by atoms with van der Waals surface area (Å²) in [5, 5.41) is 8.62. The summed E-state index contributed by atoms with van der Waals surface area (Å²) in [4.78, 5) is 23.0. The predicted molar refractivity (Wildman–Crippen MR) is 86.2 cm³/mol. The standard InChI is InChI=1S/C16H19ClF3NO4/c1-2-3-4-25-15(24)10(8-13(22)23)5-9-6-11(16(18,19)20)14(21)12(17)7-9/h6-7,10H,2-5,8,21H2,1H3,(H,22,23)/t10-/m0/s1. The summed E-state index contributed by atoms with van der Waals surface area (Å²) in [5.41, 5.74) is 3.68. The van der Waals surface area contributed by atoms with Crippen LogP contribution in [0.5, 0.6) is 0 Å². The van der Waals surface area contributed by atoms with Crippen molar-refractivity contribution in [3.63, 3.8) is 0 Å². The van der Waals surface area contributed by atoms with Gasteiger partial charge < -0.3 is 15.6 Å². The molecule has 9 heteroatoms. The van der Waals surface area contributed by atoms with E-state index in [1.54, 1.807) is 0 Å². The molecule has 1 atom stereocenters. The number of unbranched alkanes of at least 4 members (excludes halogenated alkanes) is 1. The molecule has 0 radical (unpaired) electrons. The minimum atomic E-state index is -4.71. The van der Waals surface area contributed by atoms with Crippen LogP contribution in [0.15, 0.2) is 12.1 Å². The Morgan fingerprint density at radius 1 is 1.36 bits per heavy atom. The van der Waals surface area contributed by atoms with E-state index in [0.717, 1.165) is 12.5 Å². The number of ether oxygens (including phenoxy) is 1. The van der Waals surface area contributed by atoms with Gasteiger partial charge in [-0.05, 0) is 30.5 Å². The molecule has 0 aliphatic heterocycles. The normalized spacial score (nSPS) is 12.7. The van der Waals surface area contributed by atoms with Crippen LogP contribution in [0.3, 0.4) is 0 Å². The quantitative estimate of drug-likeness (QED) is 0.404. The van der Waals surface area contributed by atoms with E-state index in [1.807, 2.05) is 6.92 Å². The molecule has 0 spiro atoms. The van der Waals surface area contributed by atoms with E-state index < -0.39 is 41.7 Å². The van der Waals surface area contributed by atoms with Gasteiger partial charge in [0.05, 0.1) is 35.2 Å². The first kappa shape index (κ1) is 21.1. The monoisotopic (exact) mass is 381 g/mol. The third-order valence-corrected chi connectivity index (χ3v) is 3.79. The zero-order chi connectivity index (χ0) is 19.2. The molecule has 0 aromatic heterocycles. The highest BCUT2D eigenvalue weighted by Gasteiger charge is 2.35. The number of nitrogen functional groups attached to an aromatic ring is 1. The van der Waals surface area contributed by atoms with Crippen LogP contribution < -0.4 is 5.73 Å². The molecular formula is C16H19ClF3NO4. The molecule has 0 unspecified atom stereocenters. The minimum Gasteiger partial charge on any atom is -0.481 e. The van der Waals surface area contributed by atoms with Crippen LogP contribution in [0.1, 0.15) is 37.3 Å². The number of carboxylic acid groups (broad SMARTS) is 1. The first-order valence-electron chi connectivity index (χ1n) is 7.59. The molecule has 5 nitrogen and oxygen atoms in total. The summed E-state index contributed by atoms with van der Waals surface area (Å²) in [7, 11) is 0. The average molecular weight is 382 g/mol. The second-order valence-corrected chi connectivity index (χ2v) is 5.96. The number of carboxylic acids is 1. The Labute approximate surface area is 147 Å². The first-order valence-corrected chi connectivity index (χ1v) is 7.97. The van der Waals surface area contributed by atoms with Gasteiger partial charge in [-0.3, -0.25) is 9.59 Å². The van der Waals surface area contributed by atoms with E-state index in [4.69, 9.17) is 27.2 Å². The number of esters is 1. The molecule has 0 amide bonds. The van der Waals surface area contributed by atoms with Gasteiger partial charge in [0.15, 0.2) is 0 Å². The molecule has 0 fully saturated rings. The smallest absolute Gasteiger partial charge is 0.418 e. The SMILES string of the molecule is CCCCOC(=O)[C@H](CC(=O)O)Cc1cc(Cl)c(N)c(C(F)(F)F)c1. The van der Waals surface area contributed by atoms with Crippen molar-refractivity contribution in [2.45, 2.75) is 38.8 Å². The number of carbonyl (C=O) groups excluding carboxylic acids is 1. The molecule has 3 N–H and O–H groups in total. The van der Waals surface area contributed by atoms with Gasteiger partial charge in [-0.1, -0.05) is 24.9 Å². The van der Waals surface area contributed by atoms with Crippen LogP contribution in [0.2, 0.25) is 5.02 Å². The van der Waals surface area contributed by atoms with Crippen molar-refractivity contribution in [3.8, 4) is 0 Å². The van der Waals surface area contributed by atoms with Crippen molar-refractivity contribution in [3.05, 3.63) is 28.3 Å². The molecule has 1 rings (SSSR count). The number of hydrogen-bond acceptors (Lipinski definition) is 4. The van der Waals surface area contributed by atoms with Crippen LogP contribution in [0, 0.1) is 5.92 Å². The molecule has 1 aromatic rings. The van der Waals surface area contributed by atoms with Crippen molar-refractivity contribution < 1.29 is 32.6 Å². The van der Waals surface area contributed by atoms with Crippen LogP contribution in [0.25, 0.3) is 0 Å². The lowest BCUT2D eigenvalue weighted by atomic mass is 9.94. The molecular weight excluding hydrogens is 363 g/mol. The number of hydrogen-bond donors (Lipinski definition) is 2. The van der Waals surface area contributed by atoms with E-state index >= 15 is 0 Å². The second kappa shape index (κ2) is 8.94. The Bertz CT molecular complexity index is 635. The number of anilines is 1. The largest absolute Gasteiger partial charge is 0.481 e. The van der Waals surface area contributed by atoms with Crippen molar-refractivity contribution in [2.75, 3.05) is 12.3 Å². The van der Waals surface area contributed by atoms with Crippen molar-refractivity contribution in [1.29, 1.82) is 0 Å². The summed E-state index contributed by atoms with van der Waals surface area (Å²) >= 11 is 5.74. The highest BCUT2D eigenvalue weighted by molar-refractivity contribution is 6.33. The lowest BCUT2D eigenvalue weighted by Crippen LogP contribution is -2.24. The fourth-order valence-electron chi connectivity index (χ4n) is 2.20. The molecule has 140 valence electrons. The molecule has 0 saturated heterocycles. The van der Waals surface area contributed by atoms with Gasteiger partial charge in [-0.15, -0.1) is 0 Å². The van der Waals surface area contributed by atoms with Gasteiger partial charge in [0, 0.05) is 0 Å². The molecule has 25 heavy (non-hydrogen) atoms. The molecule has 0 bridgehead atoms. The fraction of sp³-hybridized carbons (Fsp3) is 0.500. The number of aliphatic carboxylic acids is 1. The Morgan fingerprint density at radius 2 is 2.00 bits per heavy atom. The molecule has 0 aliphatic carbocycles. The number of nitrogens with two attached hydrogens (primary N) is 1. The zero-order valence-corrected chi connectivity index (χ0v) is 14.3. The highest BCUT2D eigenvalue weighted by Crippen LogP contribution is 2.38. The number of halogens is 4. The van der Waals surface area contributed by atoms with E-state index in [1.165, 1.54) is 6.07 Å². The summed E-state index contributed by atoms with van der Waals surface area (Å²) in [5.74, 6) is -3.14. The first-order chi connectivity index (χ1) is 11.6. The van der Waals surface area contributed by atoms with E-state index in [-0.39, 0.29) is 23.6 Å². The Morgan fingerprint density at radius 3 is 2.52 bits per heavy atom. The number of benzene rings is 1. The zero-order valence-electron chi connectivity index (χ0n) is 13.5. The number of alkyl halides is 3. The summed E-state index contributed by atoms with van der Waals surface area (Å²) in [6.07, 6.45) is -4.14. The summed E-state index contributed by atoms with van der Waals surface area (Å²) in [6, 6.07) is 1.97. The van der Waals surface area contributed by atoms with E-state index in [2.05, 4.69) is 0 Å². The molecule has 1 aromatic carbocycles. The van der Waals surface area contributed by atoms with Crippen LogP contribution in [-0.4, -0.2) is 23.7 Å². The van der Waals surface area contributed by atoms with Gasteiger partial charge >= 0.3 is 18.1 Å². The lowest BCUT2D eigenvalue weighted by Gasteiger charge is -2.17. The highest BCUT2D eigenvalue weighted by atomic mass is 35.5. The molecule has 0 heterocycles. The Kier molecular flexibility index (Phi) is 7.54. The molecule has 0 saturated carbocycles.